The number of pyridine rings is 1. The summed E-state index contributed by atoms with van der Waals surface area (Å²) in [4.78, 5) is 12.6. The molecule has 0 bridgehead atoms. The molecule has 0 unspecified atom stereocenters. The Morgan fingerprint density at radius 2 is 2.06 bits per heavy atom. The molecule has 31 heavy (non-hydrogen) atoms. The SMILES string of the molecule is C=C/C=C(/c1cccc(F)c1)c1nc(-c2[nH]nc3ncc(-c4cn[nH]c4)cc23)[nH]c1C. The van der Waals surface area contributed by atoms with Gasteiger partial charge in [0.1, 0.15) is 11.5 Å². The van der Waals surface area contributed by atoms with Crippen LogP contribution in [0.15, 0.2) is 67.7 Å². The Hall–Kier alpha value is -4.33. The highest BCUT2D eigenvalue weighted by molar-refractivity contribution is 5.92. The predicted octanol–water partition coefficient (Wildman–Crippen LogP) is 4.80. The fraction of sp³-hybridized carbons (Fsp3) is 0.0435. The Morgan fingerprint density at radius 1 is 1.16 bits per heavy atom. The second-order valence-electron chi connectivity index (χ2n) is 7.07. The summed E-state index contributed by atoms with van der Waals surface area (Å²) in [6.07, 6.45) is 8.80. The summed E-state index contributed by atoms with van der Waals surface area (Å²) in [6.45, 7) is 5.72. The van der Waals surface area contributed by atoms with Crippen LogP contribution < -0.4 is 0 Å². The number of aryl methyl sites for hydroxylation is 1. The van der Waals surface area contributed by atoms with E-state index in [1.54, 1.807) is 24.5 Å². The van der Waals surface area contributed by atoms with Crippen LogP contribution >= 0.6 is 0 Å². The van der Waals surface area contributed by atoms with E-state index in [0.717, 1.165) is 39.0 Å². The summed E-state index contributed by atoms with van der Waals surface area (Å²) in [5.74, 6) is 0.311. The summed E-state index contributed by atoms with van der Waals surface area (Å²) in [5, 5.41) is 15.0. The summed E-state index contributed by atoms with van der Waals surface area (Å²) >= 11 is 0. The molecule has 0 spiro atoms. The van der Waals surface area contributed by atoms with Gasteiger partial charge in [-0.15, -0.1) is 0 Å². The van der Waals surface area contributed by atoms with Gasteiger partial charge in [0.05, 0.1) is 17.3 Å². The molecule has 0 saturated carbocycles. The largest absolute Gasteiger partial charge is 0.340 e. The van der Waals surface area contributed by atoms with E-state index in [9.17, 15) is 4.39 Å². The Morgan fingerprint density at radius 3 is 2.84 bits per heavy atom. The maximum Gasteiger partial charge on any atom is 0.181 e. The van der Waals surface area contributed by atoms with Crippen LogP contribution in [0.25, 0.3) is 39.3 Å². The van der Waals surface area contributed by atoms with E-state index in [2.05, 4.69) is 36.9 Å². The van der Waals surface area contributed by atoms with Crippen molar-refractivity contribution in [3.05, 3.63) is 90.4 Å². The van der Waals surface area contributed by atoms with E-state index in [1.807, 2.05) is 31.3 Å². The lowest BCUT2D eigenvalue weighted by Gasteiger charge is -2.06. The maximum atomic E-state index is 13.8. The molecule has 0 fully saturated rings. The molecule has 0 saturated heterocycles. The Bertz CT molecular complexity index is 1420. The van der Waals surface area contributed by atoms with Crippen molar-refractivity contribution in [2.45, 2.75) is 6.92 Å². The molecule has 7 nitrogen and oxygen atoms in total. The van der Waals surface area contributed by atoms with Crippen molar-refractivity contribution >= 4 is 16.6 Å². The molecule has 3 N–H and O–H groups in total. The third-order valence-electron chi connectivity index (χ3n) is 5.04. The minimum atomic E-state index is -0.307. The number of halogens is 1. The average molecular weight is 411 g/mol. The van der Waals surface area contributed by atoms with Crippen molar-refractivity contribution in [2.24, 2.45) is 0 Å². The van der Waals surface area contributed by atoms with E-state index < -0.39 is 0 Å². The molecule has 0 aliphatic rings. The zero-order valence-electron chi connectivity index (χ0n) is 16.6. The first-order valence-corrected chi connectivity index (χ1v) is 9.63. The number of nitrogens with zero attached hydrogens (tertiary/aromatic N) is 4. The van der Waals surface area contributed by atoms with Crippen LogP contribution in [0.5, 0.6) is 0 Å². The van der Waals surface area contributed by atoms with Gasteiger partial charge in [0.2, 0.25) is 0 Å². The molecule has 0 atom stereocenters. The number of aromatic nitrogens is 7. The van der Waals surface area contributed by atoms with E-state index in [-0.39, 0.29) is 5.82 Å². The second-order valence-corrected chi connectivity index (χ2v) is 7.07. The van der Waals surface area contributed by atoms with Gasteiger partial charge >= 0.3 is 0 Å². The normalized spacial score (nSPS) is 11.9. The number of nitrogens with one attached hydrogen (secondary N) is 3. The smallest absolute Gasteiger partial charge is 0.181 e. The van der Waals surface area contributed by atoms with Gasteiger partial charge in [0, 0.05) is 34.8 Å². The molecular weight excluding hydrogens is 393 g/mol. The van der Waals surface area contributed by atoms with Crippen molar-refractivity contribution in [2.75, 3.05) is 0 Å². The molecule has 1 aromatic carbocycles. The number of H-pyrrole nitrogens is 3. The van der Waals surface area contributed by atoms with Gasteiger partial charge in [-0.05, 0) is 30.7 Å². The average Bonchev–Trinajstić information content (AvgIpc) is 3.51. The molecule has 0 aliphatic carbocycles. The predicted molar refractivity (Wildman–Crippen MR) is 117 cm³/mol. The van der Waals surface area contributed by atoms with Crippen LogP contribution in [-0.2, 0) is 0 Å². The van der Waals surface area contributed by atoms with Crippen LogP contribution in [0.3, 0.4) is 0 Å². The number of fused-ring (bicyclic) bond motifs is 1. The van der Waals surface area contributed by atoms with Crippen LogP contribution in [0.4, 0.5) is 4.39 Å². The quantitative estimate of drug-likeness (QED) is 0.362. The molecule has 8 heteroatoms. The topological polar surface area (TPSA) is 98.9 Å². The minimum absolute atomic E-state index is 0.307. The van der Waals surface area contributed by atoms with Gasteiger partial charge in [-0.25, -0.2) is 14.4 Å². The second kappa shape index (κ2) is 7.49. The first-order chi connectivity index (χ1) is 15.1. The van der Waals surface area contributed by atoms with Crippen molar-refractivity contribution in [1.29, 1.82) is 0 Å². The molecule has 4 aromatic heterocycles. The van der Waals surface area contributed by atoms with Gasteiger partial charge in [-0.1, -0.05) is 30.9 Å². The van der Waals surface area contributed by atoms with Crippen LogP contribution in [0, 0.1) is 12.7 Å². The number of imidazole rings is 1. The zero-order chi connectivity index (χ0) is 21.4. The summed E-state index contributed by atoms with van der Waals surface area (Å²) in [6, 6.07) is 8.42. The van der Waals surface area contributed by atoms with Gasteiger partial charge < -0.3 is 4.98 Å². The number of hydrogen-bond donors (Lipinski definition) is 3. The summed E-state index contributed by atoms with van der Waals surface area (Å²) < 4.78 is 13.8. The molecule has 0 aliphatic heterocycles. The highest BCUT2D eigenvalue weighted by Gasteiger charge is 2.18. The van der Waals surface area contributed by atoms with Gasteiger partial charge in [0.25, 0.3) is 0 Å². The molecule has 152 valence electrons. The summed E-state index contributed by atoms with van der Waals surface area (Å²) in [5.41, 5.74) is 6.20. The fourth-order valence-corrected chi connectivity index (χ4v) is 3.57. The van der Waals surface area contributed by atoms with E-state index >= 15 is 0 Å². The highest BCUT2D eigenvalue weighted by Crippen LogP contribution is 2.31. The number of rotatable bonds is 5. The van der Waals surface area contributed by atoms with Crippen LogP contribution in [0.1, 0.15) is 17.0 Å². The van der Waals surface area contributed by atoms with E-state index in [0.29, 0.717) is 17.2 Å². The van der Waals surface area contributed by atoms with Gasteiger partial charge in [-0.2, -0.15) is 10.2 Å². The monoisotopic (exact) mass is 411 g/mol. The van der Waals surface area contributed by atoms with E-state index in [4.69, 9.17) is 4.98 Å². The molecular formula is C23H18FN7. The lowest BCUT2D eigenvalue weighted by Crippen LogP contribution is -1.92. The lowest BCUT2D eigenvalue weighted by molar-refractivity contribution is 0.627. The third-order valence-corrected chi connectivity index (χ3v) is 5.04. The minimum Gasteiger partial charge on any atom is -0.340 e. The molecule has 0 radical (unpaired) electrons. The number of hydrogen-bond acceptors (Lipinski definition) is 4. The fourth-order valence-electron chi connectivity index (χ4n) is 3.57. The van der Waals surface area contributed by atoms with E-state index in [1.165, 1.54) is 12.1 Å². The first kappa shape index (κ1) is 18.7. The number of aromatic amines is 3. The van der Waals surface area contributed by atoms with Crippen molar-refractivity contribution in [3.8, 4) is 22.6 Å². The standard InChI is InChI=1S/C23H18FN7/c1-3-5-18(14-6-4-7-17(24)8-14)20-13(2)28-23(29-20)21-19-9-15(16-11-26-27-12-16)10-25-22(19)31-30-21/h3-12H,1H2,2H3,(H,26,27)(H,28,29)(H,25,30,31)/b18-5-. The van der Waals surface area contributed by atoms with Crippen LogP contribution in [0.2, 0.25) is 0 Å². The highest BCUT2D eigenvalue weighted by atomic mass is 19.1. The van der Waals surface area contributed by atoms with Crippen molar-refractivity contribution in [3.63, 3.8) is 0 Å². The van der Waals surface area contributed by atoms with Crippen LogP contribution in [-0.4, -0.2) is 35.3 Å². The lowest BCUT2D eigenvalue weighted by atomic mass is 10.0. The maximum absolute atomic E-state index is 13.8. The summed E-state index contributed by atoms with van der Waals surface area (Å²) in [7, 11) is 0. The van der Waals surface area contributed by atoms with Gasteiger partial charge in [0.15, 0.2) is 11.5 Å². The number of allylic oxidation sites excluding steroid dienone is 2. The van der Waals surface area contributed by atoms with Crippen molar-refractivity contribution in [1.82, 2.24) is 35.3 Å². The third kappa shape index (κ3) is 3.33. The molecule has 5 aromatic rings. The Kier molecular flexibility index (Phi) is 4.51. The first-order valence-electron chi connectivity index (χ1n) is 9.63. The van der Waals surface area contributed by atoms with Crippen molar-refractivity contribution < 1.29 is 4.39 Å². The Balaban J connectivity index is 1.62. The molecule has 4 heterocycles. The number of benzene rings is 1. The molecule has 0 amide bonds. The molecule has 5 rings (SSSR count). The van der Waals surface area contributed by atoms with Gasteiger partial charge in [-0.3, -0.25) is 10.2 Å². The Labute approximate surface area is 176 Å². The zero-order valence-corrected chi connectivity index (χ0v) is 16.6.